The van der Waals surface area contributed by atoms with Gasteiger partial charge in [-0.3, -0.25) is 14.3 Å². The van der Waals surface area contributed by atoms with Gasteiger partial charge in [0.15, 0.2) is 5.82 Å². The van der Waals surface area contributed by atoms with E-state index in [9.17, 15) is 9.59 Å². The molecule has 0 spiro atoms. The van der Waals surface area contributed by atoms with E-state index >= 15 is 0 Å². The summed E-state index contributed by atoms with van der Waals surface area (Å²) in [7, 11) is 0. The SMILES string of the molecule is CC(=O)Nc1ccn([C@H]2CCN(C(=O)c3csnc3C)C2)n1. The molecule has 1 fully saturated rings. The molecule has 1 N–H and O–H groups in total. The van der Waals surface area contributed by atoms with Gasteiger partial charge in [-0.25, -0.2) is 0 Å². The molecule has 0 saturated carbocycles. The fraction of sp³-hybridized carbons (Fsp3) is 0.429. The Labute approximate surface area is 132 Å². The minimum atomic E-state index is -0.145. The van der Waals surface area contributed by atoms with E-state index in [4.69, 9.17) is 0 Å². The highest BCUT2D eigenvalue weighted by molar-refractivity contribution is 7.03. The fourth-order valence-corrected chi connectivity index (χ4v) is 3.28. The zero-order valence-corrected chi connectivity index (χ0v) is 13.3. The van der Waals surface area contributed by atoms with Crippen molar-refractivity contribution in [1.29, 1.82) is 0 Å². The molecule has 2 aromatic rings. The Hall–Kier alpha value is -2.22. The average molecular weight is 319 g/mol. The molecule has 7 nitrogen and oxygen atoms in total. The van der Waals surface area contributed by atoms with E-state index in [0.717, 1.165) is 12.1 Å². The smallest absolute Gasteiger partial charge is 0.256 e. The first kappa shape index (κ1) is 14.7. The summed E-state index contributed by atoms with van der Waals surface area (Å²) in [4.78, 5) is 25.3. The third kappa shape index (κ3) is 2.87. The van der Waals surface area contributed by atoms with Crippen molar-refractivity contribution in [3.63, 3.8) is 0 Å². The van der Waals surface area contributed by atoms with Gasteiger partial charge in [0.05, 0.1) is 17.3 Å². The quantitative estimate of drug-likeness (QED) is 0.933. The number of hydrogen-bond donors (Lipinski definition) is 1. The van der Waals surface area contributed by atoms with Crippen molar-refractivity contribution in [1.82, 2.24) is 19.1 Å². The molecule has 22 heavy (non-hydrogen) atoms. The average Bonchev–Trinajstić information content (AvgIpc) is 3.16. The summed E-state index contributed by atoms with van der Waals surface area (Å²) in [5.74, 6) is 0.423. The van der Waals surface area contributed by atoms with E-state index in [2.05, 4.69) is 14.8 Å². The van der Waals surface area contributed by atoms with Gasteiger partial charge >= 0.3 is 0 Å². The predicted molar refractivity (Wildman–Crippen MR) is 82.9 cm³/mol. The third-order valence-electron chi connectivity index (χ3n) is 3.72. The normalized spacial score (nSPS) is 17.7. The monoisotopic (exact) mass is 319 g/mol. The zero-order chi connectivity index (χ0) is 15.7. The first-order chi connectivity index (χ1) is 10.5. The van der Waals surface area contributed by atoms with Gasteiger partial charge < -0.3 is 10.2 Å². The Kier molecular flexibility index (Phi) is 3.93. The van der Waals surface area contributed by atoms with Crippen LogP contribution in [0.4, 0.5) is 5.82 Å². The molecule has 8 heteroatoms. The van der Waals surface area contributed by atoms with Crippen LogP contribution in [0.15, 0.2) is 17.6 Å². The van der Waals surface area contributed by atoms with Crippen molar-refractivity contribution in [3.8, 4) is 0 Å². The van der Waals surface area contributed by atoms with Crippen molar-refractivity contribution in [2.45, 2.75) is 26.3 Å². The lowest BCUT2D eigenvalue weighted by molar-refractivity contribution is -0.114. The first-order valence-corrected chi connectivity index (χ1v) is 7.91. The molecule has 0 aromatic carbocycles. The molecule has 0 bridgehead atoms. The van der Waals surface area contributed by atoms with Crippen molar-refractivity contribution in [2.24, 2.45) is 0 Å². The van der Waals surface area contributed by atoms with E-state index in [1.807, 2.05) is 22.7 Å². The van der Waals surface area contributed by atoms with Crippen LogP contribution in [0.5, 0.6) is 0 Å². The maximum atomic E-state index is 12.5. The molecule has 0 aliphatic carbocycles. The number of carbonyl (C=O) groups is 2. The van der Waals surface area contributed by atoms with Gasteiger partial charge in [0.1, 0.15) is 0 Å². The minimum Gasteiger partial charge on any atom is -0.336 e. The number of hydrogen-bond acceptors (Lipinski definition) is 5. The van der Waals surface area contributed by atoms with Crippen molar-refractivity contribution in [2.75, 3.05) is 18.4 Å². The van der Waals surface area contributed by atoms with Crippen LogP contribution in [0, 0.1) is 6.92 Å². The standard InChI is InChI=1S/C14H17N5O2S/c1-9-12(8-22-17-9)14(21)18-5-3-11(7-18)19-6-4-13(16-19)15-10(2)20/h4,6,8,11H,3,5,7H2,1-2H3,(H,15,16,20)/t11-/m0/s1. The Bertz CT molecular complexity index is 708. The highest BCUT2D eigenvalue weighted by Crippen LogP contribution is 2.24. The molecule has 0 unspecified atom stereocenters. The Morgan fingerprint density at radius 2 is 2.27 bits per heavy atom. The lowest BCUT2D eigenvalue weighted by Crippen LogP contribution is -2.29. The summed E-state index contributed by atoms with van der Waals surface area (Å²) in [5.41, 5.74) is 1.47. The van der Waals surface area contributed by atoms with E-state index in [1.165, 1.54) is 18.5 Å². The first-order valence-electron chi connectivity index (χ1n) is 7.07. The molecule has 2 aromatic heterocycles. The van der Waals surface area contributed by atoms with Gasteiger partial charge in [-0.1, -0.05) is 0 Å². The lowest BCUT2D eigenvalue weighted by atomic mass is 10.2. The second-order valence-corrected chi connectivity index (χ2v) is 6.00. The van der Waals surface area contributed by atoms with Crippen LogP contribution in [0.3, 0.4) is 0 Å². The summed E-state index contributed by atoms with van der Waals surface area (Å²) in [6.45, 7) is 4.63. The minimum absolute atomic E-state index is 0.0305. The van der Waals surface area contributed by atoms with Crippen molar-refractivity contribution < 1.29 is 9.59 Å². The highest BCUT2D eigenvalue weighted by atomic mass is 32.1. The summed E-state index contributed by atoms with van der Waals surface area (Å²) < 4.78 is 5.97. The van der Waals surface area contributed by atoms with Gasteiger partial charge in [-0.2, -0.15) is 9.47 Å². The van der Waals surface area contributed by atoms with Crippen LogP contribution in [0.1, 0.15) is 35.4 Å². The van der Waals surface area contributed by atoms with Crippen LogP contribution < -0.4 is 5.32 Å². The molecular formula is C14H17N5O2S. The van der Waals surface area contributed by atoms with Gasteiger partial charge in [0, 0.05) is 37.7 Å². The number of aromatic nitrogens is 3. The maximum Gasteiger partial charge on any atom is 0.256 e. The summed E-state index contributed by atoms with van der Waals surface area (Å²) >= 11 is 1.30. The molecular weight excluding hydrogens is 302 g/mol. The van der Waals surface area contributed by atoms with Crippen LogP contribution >= 0.6 is 11.5 Å². The van der Waals surface area contributed by atoms with Crippen molar-refractivity contribution >= 4 is 29.2 Å². The number of nitrogens with zero attached hydrogens (tertiary/aromatic N) is 4. The number of amides is 2. The lowest BCUT2D eigenvalue weighted by Gasteiger charge is -2.16. The van der Waals surface area contributed by atoms with Gasteiger partial charge in [-0.05, 0) is 24.9 Å². The maximum absolute atomic E-state index is 12.5. The van der Waals surface area contributed by atoms with Crippen LogP contribution in [-0.2, 0) is 4.79 Å². The fourth-order valence-electron chi connectivity index (χ4n) is 2.60. The number of carbonyl (C=O) groups excluding carboxylic acids is 2. The molecule has 1 saturated heterocycles. The van der Waals surface area contributed by atoms with Gasteiger partial charge in [0.25, 0.3) is 5.91 Å². The molecule has 2 amide bonds. The summed E-state index contributed by atoms with van der Waals surface area (Å²) in [5, 5.41) is 8.80. The predicted octanol–water partition coefficient (Wildman–Crippen LogP) is 1.69. The molecule has 1 aliphatic heterocycles. The molecule has 1 atom stereocenters. The van der Waals surface area contributed by atoms with Crippen molar-refractivity contribution in [3.05, 3.63) is 28.9 Å². The highest BCUT2D eigenvalue weighted by Gasteiger charge is 2.29. The Morgan fingerprint density at radius 1 is 1.45 bits per heavy atom. The van der Waals surface area contributed by atoms with Crippen LogP contribution in [0.2, 0.25) is 0 Å². The number of likely N-dealkylation sites (tertiary alicyclic amines) is 1. The third-order valence-corrected chi connectivity index (χ3v) is 4.44. The summed E-state index contributed by atoms with van der Waals surface area (Å²) in [6, 6.07) is 1.90. The van der Waals surface area contributed by atoms with E-state index in [0.29, 0.717) is 24.5 Å². The van der Waals surface area contributed by atoms with Gasteiger partial charge in [0.2, 0.25) is 5.91 Å². The molecule has 0 radical (unpaired) electrons. The number of nitrogens with one attached hydrogen (secondary N) is 1. The van der Waals surface area contributed by atoms with Gasteiger partial charge in [-0.15, -0.1) is 0 Å². The second kappa shape index (κ2) is 5.88. The molecule has 1 aliphatic rings. The van der Waals surface area contributed by atoms with E-state index < -0.39 is 0 Å². The Morgan fingerprint density at radius 3 is 2.95 bits per heavy atom. The summed E-state index contributed by atoms with van der Waals surface area (Å²) in [6.07, 6.45) is 2.69. The van der Waals surface area contributed by atoms with E-state index in [-0.39, 0.29) is 17.9 Å². The number of aryl methyl sites for hydroxylation is 1. The zero-order valence-electron chi connectivity index (χ0n) is 12.4. The second-order valence-electron chi connectivity index (χ2n) is 5.37. The molecule has 3 rings (SSSR count). The van der Waals surface area contributed by atoms with Crippen LogP contribution in [0.25, 0.3) is 0 Å². The molecule has 116 valence electrons. The topological polar surface area (TPSA) is 80.1 Å². The Balaban J connectivity index is 1.67. The van der Waals surface area contributed by atoms with E-state index in [1.54, 1.807) is 11.4 Å². The van der Waals surface area contributed by atoms with Crippen LogP contribution in [-0.4, -0.2) is 44.0 Å². The largest absolute Gasteiger partial charge is 0.336 e. The number of anilines is 1. The molecule has 3 heterocycles. The number of rotatable bonds is 3.